The molecule has 0 radical (unpaired) electrons. The number of fused-ring (bicyclic) bond motifs is 5. The van der Waals surface area contributed by atoms with Crippen molar-refractivity contribution in [2.75, 3.05) is 18.5 Å². The van der Waals surface area contributed by atoms with E-state index in [0.29, 0.717) is 25.5 Å². The quantitative estimate of drug-likeness (QED) is 0.710. The van der Waals surface area contributed by atoms with Crippen LogP contribution >= 0.6 is 11.3 Å². The van der Waals surface area contributed by atoms with Gasteiger partial charge in [-0.25, -0.2) is 9.97 Å². The first-order chi connectivity index (χ1) is 11.1. The molecular weight excluding hydrogens is 314 g/mol. The minimum Gasteiger partial charge on any atom is -0.396 e. The van der Waals surface area contributed by atoms with Gasteiger partial charge in [-0.1, -0.05) is 0 Å². The molecule has 4 rings (SSSR count). The maximum absolute atomic E-state index is 8.94. The molecule has 0 fully saturated rings. The highest BCUT2D eigenvalue weighted by atomic mass is 32.1. The Hall–Kier alpha value is -1.77. The number of rotatable bonds is 4. The SMILES string of the molecule is CC1(C)Cc2c(sc3nc(NCCCO)n4ncnc4c23)CO1. The molecule has 0 atom stereocenters. The highest BCUT2D eigenvalue weighted by Gasteiger charge is 2.31. The zero-order chi connectivity index (χ0) is 16.0. The Labute approximate surface area is 137 Å². The van der Waals surface area contributed by atoms with Crippen molar-refractivity contribution >= 4 is 33.1 Å². The highest BCUT2D eigenvalue weighted by Crippen LogP contribution is 2.40. The van der Waals surface area contributed by atoms with Gasteiger partial charge in [0.2, 0.25) is 5.95 Å². The summed E-state index contributed by atoms with van der Waals surface area (Å²) in [5.41, 5.74) is 1.95. The first-order valence-electron chi connectivity index (χ1n) is 7.72. The molecule has 1 aliphatic heterocycles. The maximum Gasteiger partial charge on any atom is 0.227 e. The lowest BCUT2D eigenvalue weighted by Crippen LogP contribution is -2.31. The first kappa shape index (κ1) is 14.8. The fraction of sp³-hybridized carbons (Fsp3) is 0.533. The molecule has 3 aromatic rings. The van der Waals surface area contributed by atoms with Crippen molar-refractivity contribution in [3.05, 3.63) is 16.8 Å². The third-order valence-corrected chi connectivity index (χ3v) is 5.17. The predicted molar refractivity (Wildman–Crippen MR) is 88.9 cm³/mol. The van der Waals surface area contributed by atoms with Gasteiger partial charge >= 0.3 is 0 Å². The molecule has 122 valence electrons. The molecule has 0 saturated heterocycles. The summed E-state index contributed by atoms with van der Waals surface area (Å²) in [5.74, 6) is 0.664. The number of anilines is 1. The van der Waals surface area contributed by atoms with Crippen molar-refractivity contribution in [2.45, 2.75) is 38.9 Å². The Bertz CT molecular complexity index is 870. The standard InChI is InChI=1S/C15H19N5O2S/c1-15(2)6-9-10(7-22-15)23-13-11(9)12-17-8-18-20(12)14(19-13)16-4-3-5-21/h8,21H,3-7H2,1-2H3,(H,16,19). The van der Waals surface area contributed by atoms with Crippen molar-refractivity contribution in [3.8, 4) is 0 Å². The van der Waals surface area contributed by atoms with Gasteiger partial charge in [0.15, 0.2) is 5.65 Å². The molecule has 0 spiro atoms. The van der Waals surface area contributed by atoms with Crippen LogP contribution in [0.5, 0.6) is 0 Å². The minimum absolute atomic E-state index is 0.148. The maximum atomic E-state index is 8.94. The number of hydrogen-bond acceptors (Lipinski definition) is 7. The summed E-state index contributed by atoms with van der Waals surface area (Å²) in [5, 5.41) is 17.6. The third kappa shape index (κ3) is 2.46. The Kier molecular flexibility index (Phi) is 3.47. The lowest BCUT2D eigenvalue weighted by molar-refractivity contribution is -0.0379. The molecule has 0 saturated carbocycles. The molecule has 7 nitrogen and oxygen atoms in total. The van der Waals surface area contributed by atoms with Crippen molar-refractivity contribution < 1.29 is 9.84 Å². The molecule has 0 unspecified atom stereocenters. The number of aromatic nitrogens is 4. The number of aliphatic hydroxyl groups excluding tert-OH is 1. The van der Waals surface area contributed by atoms with Gasteiger partial charge < -0.3 is 15.2 Å². The fourth-order valence-corrected chi connectivity index (χ4v) is 4.05. The third-order valence-electron chi connectivity index (χ3n) is 4.07. The molecule has 0 aromatic carbocycles. The summed E-state index contributed by atoms with van der Waals surface area (Å²) in [6.45, 7) is 5.63. The zero-order valence-corrected chi connectivity index (χ0v) is 14.0. The van der Waals surface area contributed by atoms with Crippen molar-refractivity contribution in [2.24, 2.45) is 0 Å². The average Bonchev–Trinajstić information content (AvgIpc) is 3.10. The van der Waals surface area contributed by atoms with E-state index in [1.807, 2.05) is 0 Å². The van der Waals surface area contributed by atoms with E-state index in [2.05, 4.69) is 29.2 Å². The smallest absolute Gasteiger partial charge is 0.227 e. The Morgan fingerprint density at radius 3 is 3.17 bits per heavy atom. The van der Waals surface area contributed by atoms with Crippen LogP contribution in [0.15, 0.2) is 6.33 Å². The number of hydrogen-bond donors (Lipinski definition) is 2. The van der Waals surface area contributed by atoms with Gasteiger partial charge in [0.25, 0.3) is 0 Å². The van der Waals surface area contributed by atoms with Crippen LogP contribution in [0, 0.1) is 0 Å². The van der Waals surface area contributed by atoms with Crippen LogP contribution in [0.2, 0.25) is 0 Å². The molecule has 23 heavy (non-hydrogen) atoms. The summed E-state index contributed by atoms with van der Waals surface area (Å²) >= 11 is 1.67. The van der Waals surface area contributed by atoms with Crippen LogP contribution < -0.4 is 5.32 Å². The number of nitrogens with one attached hydrogen (secondary N) is 1. The normalized spacial score (nSPS) is 16.8. The monoisotopic (exact) mass is 333 g/mol. The molecule has 1 aliphatic rings. The zero-order valence-electron chi connectivity index (χ0n) is 13.2. The van der Waals surface area contributed by atoms with Crippen LogP contribution in [0.1, 0.15) is 30.7 Å². The Morgan fingerprint density at radius 2 is 2.35 bits per heavy atom. The summed E-state index contributed by atoms with van der Waals surface area (Å²) in [7, 11) is 0. The number of ether oxygens (including phenoxy) is 1. The predicted octanol–water partition coefficient (Wildman–Crippen LogP) is 1.98. The van der Waals surface area contributed by atoms with Crippen LogP contribution in [0.3, 0.4) is 0 Å². The second-order valence-corrected chi connectivity index (χ2v) is 7.43. The van der Waals surface area contributed by atoms with E-state index in [9.17, 15) is 0 Å². The second kappa shape index (κ2) is 5.40. The average molecular weight is 333 g/mol. The lowest BCUT2D eigenvalue weighted by Gasteiger charge is -2.30. The van der Waals surface area contributed by atoms with E-state index in [1.54, 1.807) is 22.2 Å². The van der Waals surface area contributed by atoms with Crippen LogP contribution in [-0.2, 0) is 17.8 Å². The molecule has 8 heteroatoms. The van der Waals surface area contributed by atoms with Crippen molar-refractivity contribution in [3.63, 3.8) is 0 Å². The Balaban J connectivity index is 1.88. The largest absolute Gasteiger partial charge is 0.396 e. The van der Waals surface area contributed by atoms with E-state index < -0.39 is 0 Å². The Morgan fingerprint density at radius 1 is 1.48 bits per heavy atom. The molecule has 0 amide bonds. The highest BCUT2D eigenvalue weighted by molar-refractivity contribution is 7.19. The molecule has 2 N–H and O–H groups in total. The van der Waals surface area contributed by atoms with Crippen LogP contribution in [0.4, 0.5) is 5.95 Å². The van der Waals surface area contributed by atoms with Crippen LogP contribution in [-0.4, -0.2) is 43.4 Å². The molecule has 0 bridgehead atoms. The van der Waals surface area contributed by atoms with Gasteiger partial charge in [0, 0.05) is 24.4 Å². The molecule has 0 aliphatic carbocycles. The van der Waals surface area contributed by atoms with E-state index in [0.717, 1.165) is 22.3 Å². The van der Waals surface area contributed by atoms with E-state index in [4.69, 9.17) is 14.8 Å². The van der Waals surface area contributed by atoms with Gasteiger partial charge in [-0.05, 0) is 25.8 Å². The van der Waals surface area contributed by atoms with Crippen molar-refractivity contribution in [1.29, 1.82) is 0 Å². The lowest BCUT2D eigenvalue weighted by atomic mass is 9.94. The fourth-order valence-electron chi connectivity index (χ4n) is 2.95. The summed E-state index contributed by atoms with van der Waals surface area (Å²) in [6, 6.07) is 0. The number of thiophene rings is 1. The van der Waals surface area contributed by atoms with E-state index >= 15 is 0 Å². The number of nitrogens with zero attached hydrogens (tertiary/aromatic N) is 4. The summed E-state index contributed by atoms with van der Waals surface area (Å²) < 4.78 is 7.67. The van der Waals surface area contributed by atoms with Gasteiger partial charge in [0.1, 0.15) is 11.2 Å². The van der Waals surface area contributed by atoms with Gasteiger partial charge in [0.05, 0.1) is 17.6 Å². The van der Waals surface area contributed by atoms with E-state index in [-0.39, 0.29) is 12.2 Å². The van der Waals surface area contributed by atoms with Gasteiger partial charge in [-0.3, -0.25) is 0 Å². The van der Waals surface area contributed by atoms with Gasteiger partial charge in [-0.2, -0.15) is 9.61 Å². The topological polar surface area (TPSA) is 84.6 Å². The number of aliphatic hydroxyl groups is 1. The van der Waals surface area contributed by atoms with E-state index in [1.165, 1.54) is 10.4 Å². The summed E-state index contributed by atoms with van der Waals surface area (Å²) in [6.07, 6.45) is 3.07. The minimum atomic E-state index is -0.171. The molecular formula is C15H19N5O2S. The van der Waals surface area contributed by atoms with Gasteiger partial charge in [-0.15, -0.1) is 11.3 Å². The van der Waals surface area contributed by atoms with Crippen LogP contribution in [0.25, 0.3) is 15.9 Å². The first-order valence-corrected chi connectivity index (χ1v) is 8.53. The summed E-state index contributed by atoms with van der Waals surface area (Å²) in [4.78, 5) is 11.4. The molecule has 4 heterocycles. The van der Waals surface area contributed by atoms with Crippen molar-refractivity contribution in [1.82, 2.24) is 19.6 Å². The second-order valence-electron chi connectivity index (χ2n) is 6.34. The molecule has 3 aromatic heterocycles.